The first-order valence-electron chi connectivity index (χ1n) is 4.63. The molecule has 16 heavy (non-hydrogen) atoms. The molecule has 0 atom stereocenters. The Hall–Kier alpha value is -0.970. The van der Waals surface area contributed by atoms with E-state index < -0.39 is 6.36 Å². The van der Waals surface area contributed by atoms with Gasteiger partial charge in [-0.15, -0.1) is 13.2 Å². The Kier molecular flexibility index (Phi) is 4.41. The number of alkyl halides is 3. The van der Waals surface area contributed by atoms with E-state index in [1.807, 2.05) is 13.0 Å². The summed E-state index contributed by atoms with van der Waals surface area (Å²) in [6.07, 6.45) is -0.234. The molecule has 1 rings (SSSR count). The third kappa shape index (κ3) is 4.70. The van der Waals surface area contributed by atoms with Gasteiger partial charge < -0.3 is 4.74 Å². The van der Waals surface area contributed by atoms with Crippen LogP contribution in [0.1, 0.15) is 18.9 Å². The Morgan fingerprint density at radius 2 is 2.00 bits per heavy atom. The molecule has 0 amide bonds. The van der Waals surface area contributed by atoms with Crippen LogP contribution in [0.5, 0.6) is 5.75 Å². The average Bonchev–Trinajstić information content (AvgIpc) is 2.10. The number of hydrogen-bond donors (Lipinski definition) is 0. The summed E-state index contributed by atoms with van der Waals surface area (Å²) < 4.78 is 40.4. The van der Waals surface area contributed by atoms with Crippen molar-refractivity contribution in [3.8, 4) is 5.75 Å². The van der Waals surface area contributed by atoms with Crippen LogP contribution in [-0.4, -0.2) is 6.36 Å². The summed E-state index contributed by atoms with van der Waals surface area (Å²) in [6, 6.07) is 4.33. The average molecular weight is 295 g/mol. The van der Waals surface area contributed by atoms with Crippen LogP contribution in [0.4, 0.5) is 13.2 Å². The van der Waals surface area contributed by atoms with E-state index in [1.165, 1.54) is 12.1 Å². The number of rotatable bonds is 3. The summed E-state index contributed by atoms with van der Waals surface area (Å²) in [7, 11) is 0. The number of hydrogen-bond acceptors (Lipinski definition) is 1. The first-order valence-corrected chi connectivity index (χ1v) is 5.43. The van der Waals surface area contributed by atoms with Crippen LogP contribution in [-0.2, 0) is 0 Å². The van der Waals surface area contributed by atoms with E-state index in [-0.39, 0.29) is 5.75 Å². The van der Waals surface area contributed by atoms with Gasteiger partial charge in [-0.2, -0.15) is 0 Å². The molecule has 88 valence electrons. The lowest BCUT2D eigenvalue weighted by Gasteiger charge is -2.09. The minimum Gasteiger partial charge on any atom is -0.406 e. The second kappa shape index (κ2) is 5.39. The quantitative estimate of drug-likeness (QED) is 0.780. The fraction of sp³-hybridized carbons (Fsp3) is 0.273. The molecular weight excluding hydrogens is 285 g/mol. The van der Waals surface area contributed by atoms with E-state index >= 15 is 0 Å². The van der Waals surface area contributed by atoms with Crippen LogP contribution in [0.3, 0.4) is 0 Å². The Balaban J connectivity index is 2.94. The largest absolute Gasteiger partial charge is 0.573 e. The van der Waals surface area contributed by atoms with E-state index in [0.717, 1.165) is 6.42 Å². The van der Waals surface area contributed by atoms with Crippen LogP contribution in [0.25, 0.3) is 6.08 Å². The maximum atomic E-state index is 12.0. The molecule has 0 bridgehead atoms. The van der Waals surface area contributed by atoms with Crippen molar-refractivity contribution in [2.24, 2.45) is 0 Å². The minimum atomic E-state index is -4.66. The maximum absolute atomic E-state index is 12.0. The smallest absolute Gasteiger partial charge is 0.406 e. The highest BCUT2D eigenvalue weighted by Crippen LogP contribution is 2.27. The highest BCUT2D eigenvalue weighted by molar-refractivity contribution is 9.10. The number of benzene rings is 1. The van der Waals surface area contributed by atoms with Crippen LogP contribution >= 0.6 is 15.9 Å². The van der Waals surface area contributed by atoms with Crippen molar-refractivity contribution in [3.05, 3.63) is 34.3 Å². The van der Waals surface area contributed by atoms with Crippen molar-refractivity contribution in [2.45, 2.75) is 19.7 Å². The molecule has 0 fully saturated rings. The van der Waals surface area contributed by atoms with Crippen LogP contribution < -0.4 is 4.74 Å². The highest BCUT2D eigenvalue weighted by atomic mass is 79.9. The summed E-state index contributed by atoms with van der Waals surface area (Å²) in [5.41, 5.74) is 0.662. The van der Waals surface area contributed by atoms with Crippen molar-refractivity contribution in [1.29, 1.82) is 0 Å². The first-order chi connectivity index (χ1) is 7.40. The second-order valence-electron chi connectivity index (χ2n) is 3.08. The van der Waals surface area contributed by atoms with Gasteiger partial charge >= 0.3 is 6.36 Å². The molecule has 0 N–H and O–H groups in total. The van der Waals surface area contributed by atoms with Gasteiger partial charge in [0.15, 0.2) is 0 Å². The van der Waals surface area contributed by atoms with Crippen molar-refractivity contribution in [3.63, 3.8) is 0 Å². The van der Waals surface area contributed by atoms with Gasteiger partial charge in [-0.25, -0.2) is 0 Å². The van der Waals surface area contributed by atoms with Gasteiger partial charge in [-0.05, 0) is 30.2 Å². The maximum Gasteiger partial charge on any atom is 0.573 e. The normalized spacial score (nSPS) is 12.1. The molecule has 0 aliphatic rings. The Bertz CT molecular complexity index is 385. The van der Waals surface area contributed by atoms with Crippen LogP contribution in [0.15, 0.2) is 28.7 Å². The zero-order valence-corrected chi connectivity index (χ0v) is 10.1. The molecule has 0 aliphatic carbocycles. The third-order valence-corrected chi connectivity index (χ3v) is 2.13. The SMILES string of the molecule is CC/C=C/c1cc(Br)cc(OC(F)(F)F)c1. The van der Waals surface area contributed by atoms with Gasteiger partial charge in [0.25, 0.3) is 0 Å². The monoisotopic (exact) mass is 294 g/mol. The van der Waals surface area contributed by atoms with Gasteiger partial charge in [-0.1, -0.05) is 35.0 Å². The second-order valence-corrected chi connectivity index (χ2v) is 3.99. The van der Waals surface area contributed by atoms with E-state index in [2.05, 4.69) is 20.7 Å². The molecule has 1 nitrogen and oxygen atoms in total. The lowest BCUT2D eigenvalue weighted by atomic mass is 10.2. The molecule has 0 aliphatic heterocycles. The van der Waals surface area contributed by atoms with E-state index in [9.17, 15) is 13.2 Å². The Labute approximate surface area is 100 Å². The van der Waals surface area contributed by atoms with Gasteiger partial charge in [0.2, 0.25) is 0 Å². The highest BCUT2D eigenvalue weighted by Gasteiger charge is 2.31. The predicted molar refractivity (Wildman–Crippen MR) is 60.2 cm³/mol. The zero-order chi connectivity index (χ0) is 12.2. The summed E-state index contributed by atoms with van der Waals surface area (Å²) in [4.78, 5) is 0. The molecule has 1 aromatic rings. The molecule has 0 aromatic heterocycles. The Morgan fingerprint density at radius 3 is 2.56 bits per heavy atom. The van der Waals surface area contributed by atoms with Crippen molar-refractivity contribution in [1.82, 2.24) is 0 Å². The standard InChI is InChI=1S/C11H10BrF3O/c1-2-3-4-8-5-9(12)7-10(6-8)16-11(13,14)15/h3-7H,2H2,1H3/b4-3+. The van der Waals surface area contributed by atoms with Gasteiger partial charge in [0.1, 0.15) is 5.75 Å². The summed E-state index contributed by atoms with van der Waals surface area (Å²) in [5, 5.41) is 0. The molecule has 0 heterocycles. The van der Waals surface area contributed by atoms with Gasteiger partial charge in [0, 0.05) is 4.47 Å². The topological polar surface area (TPSA) is 9.23 Å². The van der Waals surface area contributed by atoms with E-state index in [1.54, 1.807) is 12.1 Å². The molecule has 0 unspecified atom stereocenters. The molecule has 0 spiro atoms. The molecule has 0 radical (unpaired) electrons. The minimum absolute atomic E-state index is 0.224. The lowest BCUT2D eigenvalue weighted by molar-refractivity contribution is -0.274. The zero-order valence-electron chi connectivity index (χ0n) is 8.51. The first kappa shape index (κ1) is 13.1. The van der Waals surface area contributed by atoms with Crippen molar-refractivity contribution >= 4 is 22.0 Å². The van der Waals surface area contributed by atoms with E-state index in [0.29, 0.717) is 10.0 Å². The van der Waals surface area contributed by atoms with E-state index in [4.69, 9.17) is 0 Å². The number of ether oxygens (including phenoxy) is 1. The summed E-state index contributed by atoms with van der Waals surface area (Å²) in [5.74, 6) is -0.224. The fourth-order valence-electron chi connectivity index (χ4n) is 1.13. The van der Waals surface area contributed by atoms with Crippen LogP contribution in [0.2, 0.25) is 0 Å². The van der Waals surface area contributed by atoms with Gasteiger partial charge in [0.05, 0.1) is 0 Å². The molecular formula is C11H10BrF3O. The fourth-order valence-corrected chi connectivity index (χ4v) is 1.62. The summed E-state index contributed by atoms with van der Waals surface area (Å²) >= 11 is 3.13. The summed E-state index contributed by atoms with van der Waals surface area (Å²) in [6.45, 7) is 1.95. The Morgan fingerprint density at radius 1 is 1.31 bits per heavy atom. The van der Waals surface area contributed by atoms with Crippen LogP contribution in [0, 0.1) is 0 Å². The molecule has 0 saturated carbocycles. The number of allylic oxidation sites excluding steroid dienone is 1. The predicted octanol–water partition coefficient (Wildman–Crippen LogP) is 4.77. The molecule has 1 aromatic carbocycles. The van der Waals surface area contributed by atoms with Gasteiger partial charge in [-0.3, -0.25) is 0 Å². The molecule has 0 saturated heterocycles. The third-order valence-electron chi connectivity index (χ3n) is 1.67. The van der Waals surface area contributed by atoms with Crippen molar-refractivity contribution in [2.75, 3.05) is 0 Å². The lowest BCUT2D eigenvalue weighted by Crippen LogP contribution is -2.17. The number of halogens is 4. The van der Waals surface area contributed by atoms with Crippen molar-refractivity contribution < 1.29 is 17.9 Å². The molecule has 5 heteroatoms.